The Hall–Kier alpha value is -1.14. The second kappa shape index (κ2) is 11.4. The number of benzene rings is 1. The summed E-state index contributed by atoms with van der Waals surface area (Å²) in [5.74, 6) is 0.00668. The van der Waals surface area contributed by atoms with Gasteiger partial charge in [0.25, 0.3) is 0 Å². The molecule has 0 fully saturated rings. The molecule has 23 heavy (non-hydrogen) atoms. The van der Waals surface area contributed by atoms with Crippen LogP contribution in [0.15, 0.2) is 35.7 Å². The quantitative estimate of drug-likeness (QED) is 0.781. The molecule has 1 amide bonds. The van der Waals surface area contributed by atoms with Gasteiger partial charge in [-0.3, -0.25) is 4.79 Å². The topological polar surface area (TPSA) is 68.0 Å². The van der Waals surface area contributed by atoms with E-state index in [-0.39, 0.29) is 36.8 Å². The third kappa shape index (κ3) is 8.32. The van der Waals surface area contributed by atoms with Gasteiger partial charge in [0.1, 0.15) is 0 Å². The first-order valence-corrected chi connectivity index (χ1v) is 8.01. The first kappa shape index (κ1) is 21.9. The minimum absolute atomic E-state index is 0. The van der Waals surface area contributed by atoms with Crippen LogP contribution in [0, 0.1) is 0 Å². The molecule has 0 saturated heterocycles. The summed E-state index contributed by atoms with van der Waals surface area (Å²) in [4.78, 5) is 16.3. The van der Waals surface area contributed by atoms with E-state index in [0.717, 1.165) is 23.5 Å². The smallest absolute Gasteiger partial charge is 0.226 e. The van der Waals surface area contributed by atoms with Gasteiger partial charge in [0.2, 0.25) is 5.91 Å². The molecule has 1 aromatic heterocycles. The molecule has 7 heteroatoms. The van der Waals surface area contributed by atoms with E-state index in [1.54, 1.807) is 11.3 Å². The number of thiazole rings is 1. The van der Waals surface area contributed by atoms with Crippen LogP contribution in [0.25, 0.3) is 0 Å². The number of carbonyl (C=O) groups is 1. The number of amides is 1. The number of carbonyl (C=O) groups excluding carboxylic acids is 1. The standard InChI is InChI=1S/C16H21N3OS.2ClH/c1-12(17)7-8-18-15(20)10-14-11-21-16(19-14)9-13-5-3-2-4-6-13;;/h2-6,11-12H,7-10,17H2,1H3,(H,18,20);2*1H. The number of rotatable bonds is 7. The summed E-state index contributed by atoms with van der Waals surface area (Å²) in [6.07, 6.45) is 1.95. The van der Waals surface area contributed by atoms with Crippen molar-refractivity contribution in [3.8, 4) is 0 Å². The Balaban J connectivity index is 0.00000242. The van der Waals surface area contributed by atoms with Crippen molar-refractivity contribution in [1.29, 1.82) is 0 Å². The lowest BCUT2D eigenvalue weighted by atomic mass is 10.2. The van der Waals surface area contributed by atoms with Crippen molar-refractivity contribution in [2.75, 3.05) is 6.54 Å². The SMILES string of the molecule is CC(N)CCNC(=O)Cc1csc(Cc2ccccc2)n1.Cl.Cl. The van der Waals surface area contributed by atoms with Gasteiger partial charge >= 0.3 is 0 Å². The predicted molar refractivity (Wildman–Crippen MR) is 101 cm³/mol. The first-order valence-electron chi connectivity index (χ1n) is 7.13. The molecule has 0 bridgehead atoms. The van der Waals surface area contributed by atoms with Crippen molar-refractivity contribution < 1.29 is 4.79 Å². The van der Waals surface area contributed by atoms with Gasteiger partial charge in [-0.15, -0.1) is 36.2 Å². The highest BCUT2D eigenvalue weighted by Crippen LogP contribution is 2.15. The zero-order chi connectivity index (χ0) is 15.1. The molecule has 4 nitrogen and oxygen atoms in total. The third-order valence-electron chi connectivity index (χ3n) is 3.06. The Bertz CT molecular complexity index is 576. The highest BCUT2D eigenvalue weighted by atomic mass is 35.5. The van der Waals surface area contributed by atoms with E-state index in [2.05, 4.69) is 22.4 Å². The second-order valence-corrected chi connectivity index (χ2v) is 6.13. The first-order chi connectivity index (χ1) is 10.1. The van der Waals surface area contributed by atoms with Gasteiger partial charge in [-0.25, -0.2) is 4.98 Å². The summed E-state index contributed by atoms with van der Waals surface area (Å²) >= 11 is 1.60. The molecule has 0 aliphatic heterocycles. The molecule has 0 aliphatic carbocycles. The maximum atomic E-state index is 11.8. The number of hydrogen-bond donors (Lipinski definition) is 2. The van der Waals surface area contributed by atoms with E-state index in [1.165, 1.54) is 5.56 Å². The number of nitrogens with one attached hydrogen (secondary N) is 1. The normalized spacial score (nSPS) is 11.0. The summed E-state index contributed by atoms with van der Waals surface area (Å²) in [7, 11) is 0. The van der Waals surface area contributed by atoms with Crippen molar-refractivity contribution in [2.45, 2.75) is 32.2 Å². The Morgan fingerprint density at radius 1 is 1.30 bits per heavy atom. The van der Waals surface area contributed by atoms with E-state index >= 15 is 0 Å². The lowest BCUT2D eigenvalue weighted by molar-refractivity contribution is -0.120. The number of hydrogen-bond acceptors (Lipinski definition) is 4. The van der Waals surface area contributed by atoms with E-state index in [0.29, 0.717) is 13.0 Å². The lowest BCUT2D eigenvalue weighted by Gasteiger charge is -2.06. The minimum atomic E-state index is 0. The highest BCUT2D eigenvalue weighted by Gasteiger charge is 2.08. The molecule has 0 saturated carbocycles. The molecule has 128 valence electrons. The van der Waals surface area contributed by atoms with Gasteiger partial charge in [0, 0.05) is 24.4 Å². The number of nitrogens with two attached hydrogens (primary N) is 1. The van der Waals surface area contributed by atoms with Crippen molar-refractivity contribution in [2.24, 2.45) is 5.73 Å². The fourth-order valence-electron chi connectivity index (χ4n) is 1.95. The summed E-state index contributed by atoms with van der Waals surface area (Å²) in [5, 5.41) is 5.87. The van der Waals surface area contributed by atoms with Crippen LogP contribution < -0.4 is 11.1 Å². The molecule has 0 aliphatic rings. The summed E-state index contributed by atoms with van der Waals surface area (Å²) in [5.41, 5.74) is 7.72. The largest absolute Gasteiger partial charge is 0.356 e. The van der Waals surface area contributed by atoms with E-state index in [4.69, 9.17) is 5.73 Å². The fraction of sp³-hybridized carbons (Fsp3) is 0.375. The zero-order valence-electron chi connectivity index (χ0n) is 13.0. The van der Waals surface area contributed by atoms with E-state index in [9.17, 15) is 4.79 Å². The molecule has 1 unspecified atom stereocenters. The van der Waals surface area contributed by atoms with Crippen molar-refractivity contribution in [3.05, 3.63) is 52.0 Å². The van der Waals surface area contributed by atoms with Crippen molar-refractivity contribution in [3.63, 3.8) is 0 Å². The highest BCUT2D eigenvalue weighted by molar-refractivity contribution is 7.09. The summed E-state index contributed by atoms with van der Waals surface area (Å²) in [6.45, 7) is 2.56. The van der Waals surface area contributed by atoms with E-state index in [1.807, 2.05) is 30.5 Å². The van der Waals surface area contributed by atoms with Crippen LogP contribution in [0.1, 0.15) is 29.6 Å². The van der Waals surface area contributed by atoms with Gasteiger partial charge in [0.05, 0.1) is 17.1 Å². The zero-order valence-corrected chi connectivity index (χ0v) is 15.5. The van der Waals surface area contributed by atoms with Crippen LogP contribution in [-0.4, -0.2) is 23.5 Å². The Labute approximate surface area is 153 Å². The molecule has 0 radical (unpaired) electrons. The number of halogens is 2. The molecule has 0 spiro atoms. The maximum absolute atomic E-state index is 11.8. The predicted octanol–water partition coefficient (Wildman–Crippen LogP) is 2.97. The molecular formula is C16H23Cl2N3OS. The van der Waals surface area contributed by atoms with Gasteiger partial charge in [-0.1, -0.05) is 30.3 Å². The summed E-state index contributed by atoms with van der Waals surface area (Å²) < 4.78 is 0. The molecule has 2 rings (SSSR count). The van der Waals surface area contributed by atoms with Crippen LogP contribution in [-0.2, 0) is 17.6 Å². The molecular weight excluding hydrogens is 353 g/mol. The molecule has 1 atom stereocenters. The lowest BCUT2D eigenvalue weighted by Crippen LogP contribution is -2.30. The Kier molecular flexibility index (Phi) is 10.8. The van der Waals surface area contributed by atoms with Gasteiger partial charge in [-0.05, 0) is 18.9 Å². The average Bonchev–Trinajstić information content (AvgIpc) is 2.86. The Morgan fingerprint density at radius 2 is 2.00 bits per heavy atom. The molecule has 1 aromatic carbocycles. The number of nitrogens with zero attached hydrogens (tertiary/aromatic N) is 1. The van der Waals surface area contributed by atoms with Gasteiger partial charge in [0.15, 0.2) is 0 Å². The van der Waals surface area contributed by atoms with Gasteiger partial charge in [-0.2, -0.15) is 0 Å². The maximum Gasteiger partial charge on any atom is 0.226 e. The van der Waals surface area contributed by atoms with Crippen molar-refractivity contribution >= 4 is 42.1 Å². The minimum Gasteiger partial charge on any atom is -0.356 e. The average molecular weight is 376 g/mol. The number of aromatic nitrogens is 1. The van der Waals surface area contributed by atoms with Gasteiger partial charge < -0.3 is 11.1 Å². The second-order valence-electron chi connectivity index (χ2n) is 5.19. The monoisotopic (exact) mass is 375 g/mol. The van der Waals surface area contributed by atoms with Crippen LogP contribution in [0.3, 0.4) is 0 Å². The van der Waals surface area contributed by atoms with Crippen LogP contribution in [0.5, 0.6) is 0 Å². The fourth-order valence-corrected chi connectivity index (χ4v) is 2.78. The van der Waals surface area contributed by atoms with Crippen LogP contribution in [0.2, 0.25) is 0 Å². The van der Waals surface area contributed by atoms with Crippen LogP contribution in [0.4, 0.5) is 0 Å². The third-order valence-corrected chi connectivity index (χ3v) is 3.96. The van der Waals surface area contributed by atoms with Crippen molar-refractivity contribution in [1.82, 2.24) is 10.3 Å². The molecule has 1 heterocycles. The van der Waals surface area contributed by atoms with Crippen LogP contribution >= 0.6 is 36.2 Å². The van der Waals surface area contributed by atoms with E-state index < -0.39 is 0 Å². The molecule has 2 aromatic rings. The summed E-state index contributed by atoms with van der Waals surface area (Å²) in [6, 6.07) is 10.3. The Morgan fingerprint density at radius 3 is 2.65 bits per heavy atom. The molecule has 3 N–H and O–H groups in total.